The molecule has 0 radical (unpaired) electrons. The van der Waals surface area contributed by atoms with Crippen molar-refractivity contribution in [1.82, 2.24) is 19.9 Å². The number of amides is 2. The van der Waals surface area contributed by atoms with E-state index in [4.69, 9.17) is 10.5 Å². The largest absolute Gasteiger partial charge is 0.476 e. The molecule has 0 aliphatic rings. The summed E-state index contributed by atoms with van der Waals surface area (Å²) in [5, 5.41) is 10.5. The molecule has 36 heavy (non-hydrogen) atoms. The number of aromatic amines is 2. The minimum atomic E-state index is -1.22. The van der Waals surface area contributed by atoms with E-state index in [1.165, 1.54) is 0 Å². The van der Waals surface area contributed by atoms with E-state index in [-0.39, 0.29) is 23.9 Å². The second-order valence-electron chi connectivity index (χ2n) is 10.4. The number of aromatic carboxylic acids is 1. The number of imide groups is 1. The number of nitrogens with two attached hydrogens (primary N) is 1. The van der Waals surface area contributed by atoms with Crippen LogP contribution in [0.25, 0.3) is 10.9 Å². The lowest BCUT2D eigenvalue weighted by atomic mass is 10.00. The number of ether oxygens (including phenoxy) is 1. The molecule has 0 aliphatic heterocycles. The quantitative estimate of drug-likeness (QED) is 0.361. The van der Waals surface area contributed by atoms with E-state index in [2.05, 4.69) is 15.0 Å². The number of carboxylic acids is 1. The van der Waals surface area contributed by atoms with Gasteiger partial charge in [-0.05, 0) is 51.7 Å². The van der Waals surface area contributed by atoms with Gasteiger partial charge in [-0.3, -0.25) is 4.79 Å². The summed E-state index contributed by atoms with van der Waals surface area (Å²) in [5.74, 6) is -1.56. The highest BCUT2D eigenvalue weighted by Gasteiger charge is 2.39. The number of nitrogens with zero attached hydrogens (tertiary/aromatic N) is 2. The lowest BCUT2D eigenvalue weighted by Gasteiger charge is -2.33. The van der Waals surface area contributed by atoms with E-state index in [1.807, 2.05) is 38.1 Å². The number of hydrogen-bond donors (Lipinski definition) is 4. The van der Waals surface area contributed by atoms with Gasteiger partial charge >= 0.3 is 12.1 Å². The molecule has 10 heteroatoms. The number of hydrogen-bond acceptors (Lipinski definition) is 6. The molecule has 0 unspecified atom stereocenters. The van der Waals surface area contributed by atoms with Gasteiger partial charge in [0.05, 0.1) is 6.04 Å². The van der Waals surface area contributed by atoms with E-state index in [0.717, 1.165) is 21.4 Å². The minimum Gasteiger partial charge on any atom is -0.476 e. The number of rotatable bonds is 8. The maximum absolute atomic E-state index is 13.7. The van der Waals surface area contributed by atoms with E-state index < -0.39 is 35.7 Å². The van der Waals surface area contributed by atoms with Crippen molar-refractivity contribution in [3.05, 3.63) is 53.2 Å². The Kier molecular flexibility index (Phi) is 7.88. The van der Waals surface area contributed by atoms with Gasteiger partial charge in [0.1, 0.15) is 17.5 Å². The third-order valence-corrected chi connectivity index (χ3v) is 5.69. The molecule has 3 aromatic rings. The predicted octanol–water partition coefficient (Wildman–Crippen LogP) is 4.32. The number of para-hydroxylation sites is 1. The Hall–Kier alpha value is -3.66. The maximum Gasteiger partial charge on any atom is 0.417 e. The Balaban J connectivity index is 2.16. The van der Waals surface area contributed by atoms with Crippen molar-refractivity contribution >= 4 is 28.9 Å². The van der Waals surface area contributed by atoms with Crippen molar-refractivity contribution in [2.75, 3.05) is 0 Å². The fraction of sp³-hybridized carbons (Fsp3) is 0.462. The number of carbonyl (C=O) groups is 3. The smallest absolute Gasteiger partial charge is 0.417 e. The van der Waals surface area contributed by atoms with Crippen LogP contribution in [0.1, 0.15) is 74.7 Å². The SMILES string of the molecule is Cc1[nH]c([C@@H](Cc2c[nH]c3ccccc23)N(C(=O)OC(C)(C)C)C(=O)[C@@H](N)CC(C)C)nc1C(=O)O. The number of fused-ring (bicyclic) bond motifs is 1. The lowest BCUT2D eigenvalue weighted by Crippen LogP contribution is -2.51. The van der Waals surface area contributed by atoms with Crippen molar-refractivity contribution in [3.8, 4) is 0 Å². The van der Waals surface area contributed by atoms with Crippen LogP contribution in [-0.2, 0) is 16.0 Å². The van der Waals surface area contributed by atoms with Crippen LogP contribution in [0.3, 0.4) is 0 Å². The molecule has 0 aliphatic carbocycles. The molecule has 0 saturated carbocycles. The van der Waals surface area contributed by atoms with Gasteiger partial charge in [0.25, 0.3) is 0 Å². The molecule has 2 atom stereocenters. The molecule has 2 amide bonds. The van der Waals surface area contributed by atoms with E-state index >= 15 is 0 Å². The van der Waals surface area contributed by atoms with Gasteiger partial charge in [0.15, 0.2) is 5.69 Å². The van der Waals surface area contributed by atoms with Crippen molar-refractivity contribution in [1.29, 1.82) is 0 Å². The maximum atomic E-state index is 13.7. The van der Waals surface area contributed by atoms with Gasteiger partial charge in [-0.25, -0.2) is 19.5 Å². The second kappa shape index (κ2) is 10.5. The molecule has 1 aromatic carbocycles. The number of aromatic nitrogens is 3. The lowest BCUT2D eigenvalue weighted by molar-refractivity contribution is -0.134. The van der Waals surface area contributed by atoms with Crippen LogP contribution in [0.2, 0.25) is 0 Å². The third-order valence-electron chi connectivity index (χ3n) is 5.69. The Bertz CT molecular complexity index is 1250. The topological polar surface area (TPSA) is 154 Å². The highest BCUT2D eigenvalue weighted by Crippen LogP contribution is 2.30. The van der Waals surface area contributed by atoms with Gasteiger partial charge in [-0.1, -0.05) is 32.0 Å². The summed E-state index contributed by atoms with van der Waals surface area (Å²) in [7, 11) is 0. The van der Waals surface area contributed by atoms with Crippen molar-refractivity contribution in [2.24, 2.45) is 11.7 Å². The third kappa shape index (κ3) is 6.12. The highest BCUT2D eigenvalue weighted by molar-refractivity contribution is 5.96. The van der Waals surface area contributed by atoms with Crippen molar-refractivity contribution < 1.29 is 24.2 Å². The van der Waals surface area contributed by atoms with Crippen LogP contribution < -0.4 is 5.73 Å². The van der Waals surface area contributed by atoms with Crippen LogP contribution >= 0.6 is 0 Å². The molecular weight excluding hydrogens is 462 g/mol. The summed E-state index contributed by atoms with van der Waals surface area (Å²) in [5.41, 5.74) is 7.21. The van der Waals surface area contributed by atoms with E-state index in [0.29, 0.717) is 12.1 Å². The Labute approximate surface area is 210 Å². The molecule has 2 aromatic heterocycles. The molecular formula is C26H35N5O5. The van der Waals surface area contributed by atoms with Gasteiger partial charge in [-0.15, -0.1) is 0 Å². The van der Waals surface area contributed by atoms with E-state index in [1.54, 1.807) is 33.9 Å². The fourth-order valence-electron chi connectivity index (χ4n) is 4.14. The van der Waals surface area contributed by atoms with Gasteiger partial charge in [0.2, 0.25) is 5.91 Å². The zero-order chi connectivity index (χ0) is 26.8. The molecule has 0 fully saturated rings. The standard InChI is InChI=1S/C26H35N5O5/c1-14(2)11-18(27)23(32)31(25(35)36-26(4,5)6)20(22-29-15(3)21(30-22)24(33)34)12-16-13-28-19-10-8-7-9-17(16)19/h7-10,13-14,18,20,28H,11-12,27H2,1-6H3,(H,29,30)(H,33,34)/t18-,20+/m0/s1. The van der Waals surface area contributed by atoms with Crippen LogP contribution in [0.4, 0.5) is 4.79 Å². The summed E-state index contributed by atoms with van der Waals surface area (Å²) in [6.07, 6.45) is 1.45. The van der Waals surface area contributed by atoms with Crippen LogP contribution in [0.15, 0.2) is 30.5 Å². The van der Waals surface area contributed by atoms with Gasteiger partial charge in [-0.2, -0.15) is 0 Å². The summed E-state index contributed by atoms with van der Waals surface area (Å²) in [4.78, 5) is 50.3. The zero-order valence-corrected chi connectivity index (χ0v) is 21.6. The summed E-state index contributed by atoms with van der Waals surface area (Å²) in [6, 6.07) is 5.69. The average Bonchev–Trinajstić information content (AvgIpc) is 3.35. The number of carbonyl (C=O) groups excluding carboxylic acids is 2. The average molecular weight is 498 g/mol. The van der Waals surface area contributed by atoms with Crippen LogP contribution in [0.5, 0.6) is 0 Å². The highest BCUT2D eigenvalue weighted by atomic mass is 16.6. The molecule has 10 nitrogen and oxygen atoms in total. The first-order chi connectivity index (χ1) is 16.8. The molecule has 3 rings (SSSR count). The molecule has 0 saturated heterocycles. The molecule has 194 valence electrons. The monoisotopic (exact) mass is 497 g/mol. The Morgan fingerprint density at radius 2 is 1.86 bits per heavy atom. The number of imidazole rings is 1. The summed E-state index contributed by atoms with van der Waals surface area (Å²) < 4.78 is 5.61. The number of benzene rings is 1. The van der Waals surface area contributed by atoms with Crippen molar-refractivity contribution in [2.45, 2.75) is 72.1 Å². The molecule has 2 heterocycles. The Morgan fingerprint density at radius 1 is 1.19 bits per heavy atom. The first kappa shape index (κ1) is 26.9. The molecule has 0 spiro atoms. The normalized spacial score (nSPS) is 13.6. The molecule has 5 N–H and O–H groups in total. The van der Waals surface area contributed by atoms with Crippen LogP contribution in [-0.4, -0.2) is 54.6 Å². The predicted molar refractivity (Wildman–Crippen MR) is 136 cm³/mol. The van der Waals surface area contributed by atoms with Crippen molar-refractivity contribution in [3.63, 3.8) is 0 Å². The summed E-state index contributed by atoms with van der Waals surface area (Å²) in [6.45, 7) is 10.6. The number of nitrogens with one attached hydrogen (secondary N) is 2. The minimum absolute atomic E-state index is 0.112. The van der Waals surface area contributed by atoms with Crippen LogP contribution in [0, 0.1) is 12.8 Å². The number of aryl methyl sites for hydroxylation is 1. The second-order valence-corrected chi connectivity index (χ2v) is 10.4. The zero-order valence-electron chi connectivity index (χ0n) is 21.6. The number of H-pyrrole nitrogens is 2. The van der Waals surface area contributed by atoms with E-state index in [9.17, 15) is 19.5 Å². The Morgan fingerprint density at radius 3 is 2.44 bits per heavy atom. The molecule has 0 bridgehead atoms. The first-order valence-corrected chi connectivity index (χ1v) is 11.9. The van der Waals surface area contributed by atoms with Gasteiger partial charge in [0, 0.05) is 29.2 Å². The number of carboxylic acid groups (broad SMARTS) is 1. The first-order valence-electron chi connectivity index (χ1n) is 11.9. The summed E-state index contributed by atoms with van der Waals surface area (Å²) >= 11 is 0. The fourth-order valence-corrected chi connectivity index (χ4v) is 4.14. The van der Waals surface area contributed by atoms with Gasteiger partial charge < -0.3 is 25.5 Å².